The van der Waals surface area contributed by atoms with Crippen molar-refractivity contribution in [1.82, 2.24) is 20.6 Å². The van der Waals surface area contributed by atoms with E-state index >= 15 is 0 Å². The van der Waals surface area contributed by atoms with Gasteiger partial charge in [-0.15, -0.1) is 10.2 Å². The second-order valence-corrected chi connectivity index (χ2v) is 8.70. The first-order valence-electron chi connectivity index (χ1n) is 10.9. The van der Waals surface area contributed by atoms with Crippen LogP contribution in [0.2, 0.25) is 0 Å². The predicted molar refractivity (Wildman–Crippen MR) is 123 cm³/mol. The molecule has 1 saturated carbocycles. The Labute approximate surface area is 178 Å². The Balaban J connectivity index is 0.000000151. The summed E-state index contributed by atoms with van der Waals surface area (Å²) < 4.78 is 0. The lowest BCUT2D eigenvalue weighted by Crippen LogP contribution is -1.93. The van der Waals surface area contributed by atoms with Gasteiger partial charge in [-0.1, -0.05) is 93.9 Å². The van der Waals surface area contributed by atoms with Crippen LogP contribution in [0.15, 0.2) is 66.7 Å². The van der Waals surface area contributed by atoms with Crippen LogP contribution in [0.25, 0.3) is 22.2 Å². The van der Waals surface area contributed by atoms with Crippen molar-refractivity contribution in [3.63, 3.8) is 0 Å². The number of nitrogens with one attached hydrogen (secondary N) is 1. The fourth-order valence-corrected chi connectivity index (χ4v) is 4.45. The molecule has 1 aromatic heterocycles. The van der Waals surface area contributed by atoms with Crippen LogP contribution in [0, 0.1) is 5.92 Å². The van der Waals surface area contributed by atoms with Gasteiger partial charge in [-0.05, 0) is 57.7 Å². The lowest BCUT2D eigenvalue weighted by Gasteiger charge is -2.10. The number of rotatable bonds is 3. The molecule has 3 aromatic carbocycles. The van der Waals surface area contributed by atoms with Gasteiger partial charge >= 0.3 is 0 Å². The van der Waals surface area contributed by atoms with Crippen molar-refractivity contribution in [2.45, 2.75) is 51.9 Å². The SMILES string of the molecule is CC(C)c1cccc2ccccc12.C[C@H]1CCC(c2ccc(-c3nn[nH]n3)cc2)C1. The maximum atomic E-state index is 3.98. The van der Waals surface area contributed by atoms with E-state index in [1.54, 1.807) is 0 Å². The van der Waals surface area contributed by atoms with Gasteiger partial charge in [0.25, 0.3) is 0 Å². The molecule has 1 heterocycles. The van der Waals surface area contributed by atoms with Crippen LogP contribution in [-0.4, -0.2) is 20.6 Å². The third-order valence-electron chi connectivity index (χ3n) is 6.13. The Hall–Kier alpha value is -3.01. The molecule has 5 rings (SSSR count). The molecule has 2 atom stereocenters. The Morgan fingerprint density at radius 2 is 1.67 bits per heavy atom. The molecule has 0 amide bonds. The lowest BCUT2D eigenvalue weighted by atomic mass is 9.95. The Morgan fingerprint density at radius 1 is 0.900 bits per heavy atom. The average Bonchev–Trinajstić information content (AvgIpc) is 3.46. The van der Waals surface area contributed by atoms with Crippen molar-refractivity contribution < 1.29 is 0 Å². The van der Waals surface area contributed by atoms with E-state index in [1.165, 1.54) is 41.2 Å². The molecular weight excluding hydrogens is 368 g/mol. The Bertz CT molecular complexity index is 1060. The van der Waals surface area contributed by atoms with Crippen molar-refractivity contribution in [3.8, 4) is 11.4 Å². The predicted octanol–water partition coefficient (Wildman–Crippen LogP) is 6.73. The van der Waals surface area contributed by atoms with E-state index in [0.717, 1.165) is 17.4 Å². The summed E-state index contributed by atoms with van der Waals surface area (Å²) in [7, 11) is 0. The molecule has 4 aromatic rings. The molecule has 0 bridgehead atoms. The number of aromatic amines is 1. The topological polar surface area (TPSA) is 54.5 Å². The van der Waals surface area contributed by atoms with Gasteiger partial charge in [-0.2, -0.15) is 5.21 Å². The first-order chi connectivity index (χ1) is 14.6. The highest BCUT2D eigenvalue weighted by Gasteiger charge is 2.22. The molecule has 0 saturated heterocycles. The molecule has 0 spiro atoms. The van der Waals surface area contributed by atoms with Gasteiger partial charge in [-0.3, -0.25) is 0 Å². The number of H-pyrrole nitrogens is 1. The molecule has 0 radical (unpaired) electrons. The Kier molecular flexibility index (Phi) is 6.22. The average molecular weight is 399 g/mol. The molecule has 1 aliphatic rings. The third-order valence-corrected chi connectivity index (χ3v) is 6.13. The van der Waals surface area contributed by atoms with Gasteiger partial charge in [-0.25, -0.2) is 0 Å². The van der Waals surface area contributed by atoms with Crippen molar-refractivity contribution in [2.24, 2.45) is 5.92 Å². The quantitative estimate of drug-likeness (QED) is 0.416. The van der Waals surface area contributed by atoms with Crippen LogP contribution in [-0.2, 0) is 0 Å². The molecule has 4 nitrogen and oxygen atoms in total. The summed E-state index contributed by atoms with van der Waals surface area (Å²) in [4.78, 5) is 0. The van der Waals surface area contributed by atoms with Gasteiger partial charge in [0.15, 0.2) is 0 Å². The van der Waals surface area contributed by atoms with E-state index in [2.05, 4.69) is 108 Å². The normalized spacial score (nSPS) is 18.4. The molecule has 4 heteroatoms. The zero-order valence-corrected chi connectivity index (χ0v) is 18.0. The first-order valence-corrected chi connectivity index (χ1v) is 10.9. The van der Waals surface area contributed by atoms with E-state index in [4.69, 9.17) is 0 Å². The van der Waals surface area contributed by atoms with Crippen LogP contribution in [0.5, 0.6) is 0 Å². The summed E-state index contributed by atoms with van der Waals surface area (Å²) in [6.07, 6.45) is 4.00. The molecule has 0 aliphatic heterocycles. The van der Waals surface area contributed by atoms with Crippen LogP contribution in [0.1, 0.15) is 63.0 Å². The summed E-state index contributed by atoms with van der Waals surface area (Å²) in [6.45, 7) is 6.82. The highest BCUT2D eigenvalue weighted by atomic mass is 15.5. The number of benzene rings is 3. The van der Waals surface area contributed by atoms with E-state index in [1.807, 2.05) is 0 Å². The molecule has 1 N–H and O–H groups in total. The summed E-state index contributed by atoms with van der Waals surface area (Å²) in [5.41, 5.74) is 3.91. The number of fused-ring (bicyclic) bond motifs is 1. The number of tetrazole rings is 1. The second kappa shape index (κ2) is 9.21. The van der Waals surface area contributed by atoms with Gasteiger partial charge < -0.3 is 0 Å². The largest absolute Gasteiger partial charge is 0.204 e. The smallest absolute Gasteiger partial charge is 0.177 e. The molecule has 1 unspecified atom stereocenters. The number of aromatic nitrogens is 4. The van der Waals surface area contributed by atoms with E-state index < -0.39 is 0 Å². The zero-order chi connectivity index (χ0) is 20.9. The number of hydrogen-bond donors (Lipinski definition) is 1. The van der Waals surface area contributed by atoms with E-state index in [9.17, 15) is 0 Å². The minimum atomic E-state index is 0.603. The van der Waals surface area contributed by atoms with Gasteiger partial charge in [0, 0.05) is 5.56 Å². The van der Waals surface area contributed by atoms with Gasteiger partial charge in [0.05, 0.1) is 0 Å². The minimum absolute atomic E-state index is 0.603. The van der Waals surface area contributed by atoms with Crippen molar-refractivity contribution >= 4 is 10.8 Å². The van der Waals surface area contributed by atoms with E-state index in [-0.39, 0.29) is 0 Å². The van der Waals surface area contributed by atoms with E-state index in [0.29, 0.717) is 11.7 Å². The van der Waals surface area contributed by atoms with Crippen molar-refractivity contribution in [1.29, 1.82) is 0 Å². The summed E-state index contributed by atoms with van der Waals surface area (Å²) in [6, 6.07) is 23.7. The van der Waals surface area contributed by atoms with Crippen molar-refractivity contribution in [3.05, 3.63) is 77.9 Å². The van der Waals surface area contributed by atoms with Crippen molar-refractivity contribution in [2.75, 3.05) is 0 Å². The van der Waals surface area contributed by atoms with Crippen LogP contribution < -0.4 is 0 Å². The maximum Gasteiger partial charge on any atom is 0.204 e. The molecular formula is C26H30N4. The molecule has 1 aliphatic carbocycles. The van der Waals surface area contributed by atoms with Crippen LogP contribution >= 0.6 is 0 Å². The summed E-state index contributed by atoms with van der Waals surface area (Å²) >= 11 is 0. The van der Waals surface area contributed by atoms with Crippen LogP contribution in [0.3, 0.4) is 0 Å². The number of nitrogens with zero attached hydrogens (tertiary/aromatic N) is 3. The minimum Gasteiger partial charge on any atom is -0.177 e. The maximum absolute atomic E-state index is 3.98. The third kappa shape index (κ3) is 4.59. The second-order valence-electron chi connectivity index (χ2n) is 8.70. The fourth-order valence-electron chi connectivity index (χ4n) is 4.45. The molecule has 30 heavy (non-hydrogen) atoms. The van der Waals surface area contributed by atoms with Gasteiger partial charge in [0.2, 0.25) is 5.82 Å². The highest BCUT2D eigenvalue weighted by molar-refractivity contribution is 5.86. The molecule has 1 fully saturated rings. The standard InChI is InChI=1S/C13H16N4.C13H14/c1-9-2-3-12(8-9)10-4-6-11(7-5-10)13-14-16-17-15-13;1-10(2)12-9-5-7-11-6-3-4-8-13(11)12/h4-7,9,12H,2-3,8H2,1H3,(H,14,15,16,17);3-10H,1-2H3/t9-,12?;/m0./s1. The zero-order valence-electron chi connectivity index (χ0n) is 18.0. The monoisotopic (exact) mass is 398 g/mol. The lowest BCUT2D eigenvalue weighted by molar-refractivity contribution is 0.596. The van der Waals surface area contributed by atoms with Crippen LogP contribution in [0.4, 0.5) is 0 Å². The number of hydrogen-bond acceptors (Lipinski definition) is 3. The molecule has 154 valence electrons. The summed E-state index contributed by atoms with van der Waals surface area (Å²) in [5, 5.41) is 16.7. The summed E-state index contributed by atoms with van der Waals surface area (Å²) in [5.74, 6) is 2.88. The first kappa shape index (κ1) is 20.3. The highest BCUT2D eigenvalue weighted by Crippen LogP contribution is 2.38. The van der Waals surface area contributed by atoms with Gasteiger partial charge in [0.1, 0.15) is 0 Å². The fraction of sp³-hybridized carbons (Fsp3) is 0.346. The Morgan fingerprint density at radius 3 is 2.33 bits per heavy atom.